The summed E-state index contributed by atoms with van der Waals surface area (Å²) in [6.45, 7) is 4.36. The van der Waals surface area contributed by atoms with Crippen LogP contribution in [0.4, 0.5) is 5.13 Å². The van der Waals surface area contributed by atoms with Gasteiger partial charge in [0.2, 0.25) is 0 Å². The lowest BCUT2D eigenvalue weighted by atomic mass is 10.3. The predicted molar refractivity (Wildman–Crippen MR) is 87.2 cm³/mol. The summed E-state index contributed by atoms with van der Waals surface area (Å²) in [5.74, 6) is -0.128. The van der Waals surface area contributed by atoms with Crippen LogP contribution in [0.1, 0.15) is 27.4 Å². The van der Waals surface area contributed by atoms with E-state index in [0.717, 1.165) is 22.6 Å². The molecule has 6 nitrogen and oxygen atoms in total. The third-order valence-electron chi connectivity index (χ3n) is 3.41. The molecule has 0 unspecified atom stereocenters. The second-order valence-corrected chi connectivity index (χ2v) is 6.05. The summed E-state index contributed by atoms with van der Waals surface area (Å²) < 4.78 is 1.82. The smallest absolute Gasteiger partial charge is 0.270 e. The molecule has 3 rings (SSSR count). The standard InChI is InChI=1S/C15H17N5OS/c1-9-4-6-20-12(7-9)18-10(2)13(20)14(21)17-5-3-11-8-22-15(16)19-11/h4,6-8H,3,5H2,1-2H3,(H2,16,19)(H,17,21). The molecule has 0 fully saturated rings. The van der Waals surface area contributed by atoms with Crippen LogP contribution in [0.3, 0.4) is 0 Å². The Morgan fingerprint density at radius 3 is 2.95 bits per heavy atom. The maximum atomic E-state index is 12.4. The van der Waals surface area contributed by atoms with E-state index in [-0.39, 0.29) is 5.91 Å². The van der Waals surface area contributed by atoms with Crippen molar-refractivity contribution in [1.82, 2.24) is 19.7 Å². The summed E-state index contributed by atoms with van der Waals surface area (Å²) >= 11 is 1.41. The van der Waals surface area contributed by atoms with E-state index in [9.17, 15) is 4.79 Å². The van der Waals surface area contributed by atoms with E-state index in [1.807, 2.05) is 42.0 Å². The van der Waals surface area contributed by atoms with Crippen LogP contribution < -0.4 is 11.1 Å². The maximum absolute atomic E-state index is 12.4. The molecule has 0 bridgehead atoms. The molecule has 0 aliphatic rings. The summed E-state index contributed by atoms with van der Waals surface area (Å²) in [6, 6.07) is 3.92. The number of nitrogens with zero attached hydrogens (tertiary/aromatic N) is 3. The van der Waals surface area contributed by atoms with Crippen LogP contribution in [0, 0.1) is 13.8 Å². The summed E-state index contributed by atoms with van der Waals surface area (Å²) in [7, 11) is 0. The number of nitrogens with two attached hydrogens (primary N) is 1. The van der Waals surface area contributed by atoms with E-state index in [2.05, 4.69) is 15.3 Å². The minimum atomic E-state index is -0.128. The fourth-order valence-electron chi connectivity index (χ4n) is 2.36. The van der Waals surface area contributed by atoms with E-state index in [1.165, 1.54) is 11.3 Å². The number of aromatic nitrogens is 3. The zero-order valence-corrected chi connectivity index (χ0v) is 13.3. The highest BCUT2D eigenvalue weighted by Crippen LogP contribution is 2.14. The topological polar surface area (TPSA) is 85.3 Å². The number of carbonyl (C=O) groups is 1. The number of aryl methyl sites for hydroxylation is 2. The van der Waals surface area contributed by atoms with Crippen molar-refractivity contribution < 1.29 is 4.79 Å². The first-order valence-corrected chi connectivity index (χ1v) is 7.86. The molecule has 0 radical (unpaired) electrons. The van der Waals surface area contributed by atoms with Crippen LogP contribution >= 0.6 is 11.3 Å². The second kappa shape index (κ2) is 5.76. The lowest BCUT2D eigenvalue weighted by Crippen LogP contribution is -2.27. The largest absolute Gasteiger partial charge is 0.375 e. The van der Waals surface area contributed by atoms with E-state index < -0.39 is 0 Å². The Kier molecular flexibility index (Phi) is 3.81. The van der Waals surface area contributed by atoms with Crippen molar-refractivity contribution in [3.8, 4) is 0 Å². The van der Waals surface area contributed by atoms with Gasteiger partial charge in [-0.15, -0.1) is 11.3 Å². The molecular weight excluding hydrogens is 298 g/mol. The predicted octanol–water partition coefficient (Wildman–Crippen LogP) is 1.96. The molecule has 3 aromatic rings. The number of carbonyl (C=O) groups excluding carboxylic acids is 1. The first-order chi connectivity index (χ1) is 10.5. The van der Waals surface area contributed by atoms with E-state index >= 15 is 0 Å². The third-order valence-corrected chi connectivity index (χ3v) is 4.13. The van der Waals surface area contributed by atoms with Crippen molar-refractivity contribution in [3.05, 3.63) is 46.4 Å². The third kappa shape index (κ3) is 2.80. The van der Waals surface area contributed by atoms with Crippen LogP contribution in [0.25, 0.3) is 5.65 Å². The molecule has 3 N–H and O–H groups in total. The van der Waals surface area contributed by atoms with Crippen LogP contribution in [-0.2, 0) is 6.42 Å². The van der Waals surface area contributed by atoms with Gasteiger partial charge < -0.3 is 11.1 Å². The molecule has 0 aromatic carbocycles. The molecule has 0 atom stereocenters. The van der Waals surface area contributed by atoms with Crippen molar-refractivity contribution >= 4 is 28.0 Å². The number of nitrogen functional groups attached to an aromatic ring is 1. The minimum Gasteiger partial charge on any atom is -0.375 e. The van der Waals surface area contributed by atoms with Crippen LogP contribution in [0.15, 0.2) is 23.7 Å². The Bertz CT molecular complexity index is 836. The van der Waals surface area contributed by atoms with Crippen molar-refractivity contribution in [2.24, 2.45) is 0 Å². The number of imidazole rings is 1. The number of amides is 1. The second-order valence-electron chi connectivity index (χ2n) is 5.16. The Hall–Kier alpha value is -2.41. The summed E-state index contributed by atoms with van der Waals surface area (Å²) in [5.41, 5.74) is 9.69. The molecule has 3 aromatic heterocycles. The van der Waals surface area contributed by atoms with Gasteiger partial charge >= 0.3 is 0 Å². The number of nitrogens with one attached hydrogen (secondary N) is 1. The lowest BCUT2D eigenvalue weighted by Gasteiger charge is -2.05. The first kappa shape index (κ1) is 14.5. The fourth-order valence-corrected chi connectivity index (χ4v) is 2.96. The average molecular weight is 315 g/mol. The van der Waals surface area contributed by atoms with Gasteiger partial charge in [0.25, 0.3) is 5.91 Å². The SMILES string of the molecule is Cc1ccn2c(C(=O)NCCc3csc(N)n3)c(C)nc2c1. The summed E-state index contributed by atoms with van der Waals surface area (Å²) in [6.07, 6.45) is 2.54. The van der Waals surface area contributed by atoms with E-state index in [4.69, 9.17) is 5.73 Å². The molecule has 7 heteroatoms. The van der Waals surface area contributed by atoms with Gasteiger partial charge in [0.15, 0.2) is 5.13 Å². The maximum Gasteiger partial charge on any atom is 0.270 e. The van der Waals surface area contributed by atoms with Crippen LogP contribution in [0.2, 0.25) is 0 Å². The summed E-state index contributed by atoms with van der Waals surface area (Å²) in [4.78, 5) is 21.0. The lowest BCUT2D eigenvalue weighted by molar-refractivity contribution is 0.0947. The Morgan fingerprint density at radius 2 is 2.23 bits per heavy atom. The van der Waals surface area contributed by atoms with Crippen molar-refractivity contribution in [2.45, 2.75) is 20.3 Å². The zero-order valence-electron chi connectivity index (χ0n) is 12.5. The Balaban J connectivity index is 1.73. The number of hydrogen-bond acceptors (Lipinski definition) is 5. The van der Waals surface area contributed by atoms with Gasteiger partial charge in [-0.2, -0.15) is 0 Å². The van der Waals surface area contributed by atoms with Crippen molar-refractivity contribution in [1.29, 1.82) is 0 Å². The molecule has 0 spiro atoms. The van der Waals surface area contributed by atoms with E-state index in [0.29, 0.717) is 23.8 Å². The number of thiazole rings is 1. The summed E-state index contributed by atoms with van der Waals surface area (Å²) in [5, 5.41) is 5.37. The van der Waals surface area contributed by atoms with Gasteiger partial charge in [-0.3, -0.25) is 9.20 Å². The van der Waals surface area contributed by atoms with Crippen LogP contribution in [-0.4, -0.2) is 26.8 Å². The van der Waals surface area contributed by atoms with Gasteiger partial charge in [-0.05, 0) is 31.5 Å². The van der Waals surface area contributed by atoms with Crippen LogP contribution in [0.5, 0.6) is 0 Å². The van der Waals surface area contributed by atoms with Gasteiger partial charge in [0, 0.05) is 24.5 Å². The highest BCUT2D eigenvalue weighted by atomic mass is 32.1. The molecule has 0 saturated heterocycles. The Labute approximate surface area is 132 Å². The number of anilines is 1. The quantitative estimate of drug-likeness (QED) is 0.771. The van der Waals surface area contributed by atoms with Gasteiger partial charge in [0.05, 0.1) is 11.4 Å². The highest BCUT2D eigenvalue weighted by molar-refractivity contribution is 7.13. The molecular formula is C15H17N5OS. The van der Waals surface area contributed by atoms with Gasteiger partial charge in [0.1, 0.15) is 11.3 Å². The number of pyridine rings is 1. The number of hydrogen-bond donors (Lipinski definition) is 2. The first-order valence-electron chi connectivity index (χ1n) is 6.98. The number of fused-ring (bicyclic) bond motifs is 1. The monoisotopic (exact) mass is 315 g/mol. The highest BCUT2D eigenvalue weighted by Gasteiger charge is 2.16. The minimum absolute atomic E-state index is 0.128. The molecule has 0 aliphatic carbocycles. The zero-order chi connectivity index (χ0) is 15.7. The molecule has 3 heterocycles. The van der Waals surface area contributed by atoms with Crippen molar-refractivity contribution in [2.75, 3.05) is 12.3 Å². The average Bonchev–Trinajstić information content (AvgIpc) is 3.00. The number of rotatable bonds is 4. The van der Waals surface area contributed by atoms with Gasteiger partial charge in [-0.1, -0.05) is 0 Å². The molecule has 0 aliphatic heterocycles. The molecule has 114 valence electrons. The Morgan fingerprint density at radius 1 is 1.41 bits per heavy atom. The molecule has 0 saturated carbocycles. The molecule has 22 heavy (non-hydrogen) atoms. The van der Waals surface area contributed by atoms with Gasteiger partial charge in [-0.25, -0.2) is 9.97 Å². The molecule has 1 amide bonds. The normalized spacial score (nSPS) is 11.0. The van der Waals surface area contributed by atoms with E-state index in [1.54, 1.807) is 0 Å². The fraction of sp³-hybridized carbons (Fsp3) is 0.267. The van der Waals surface area contributed by atoms with Crippen molar-refractivity contribution in [3.63, 3.8) is 0 Å².